The number of aromatic nitrogens is 2. The third kappa shape index (κ3) is 5.48. The fraction of sp³-hybridized carbons (Fsp3) is 0.435. The predicted octanol–water partition coefficient (Wildman–Crippen LogP) is 1.97. The number of esters is 1. The highest BCUT2D eigenvalue weighted by atomic mass is 19.1. The second kappa shape index (κ2) is 10.6. The summed E-state index contributed by atoms with van der Waals surface area (Å²) in [5.74, 6) is -1.54. The van der Waals surface area contributed by atoms with Gasteiger partial charge in [-0.05, 0) is 31.5 Å². The number of anilines is 1. The minimum absolute atomic E-state index is 0.000982. The Morgan fingerprint density at radius 3 is 2.53 bits per heavy atom. The molecule has 2 N–H and O–H groups in total. The largest absolute Gasteiger partial charge is 0.456 e. The van der Waals surface area contributed by atoms with Crippen LogP contribution in [0.15, 0.2) is 47.4 Å². The number of benzene rings is 1. The summed E-state index contributed by atoms with van der Waals surface area (Å²) in [6, 6.07) is 9.74. The van der Waals surface area contributed by atoms with Gasteiger partial charge in [0.05, 0.1) is 6.42 Å². The van der Waals surface area contributed by atoms with E-state index in [9.17, 15) is 19.2 Å². The summed E-state index contributed by atoms with van der Waals surface area (Å²) in [7, 11) is 1.44. The summed E-state index contributed by atoms with van der Waals surface area (Å²) in [6.45, 7) is 3.33. The van der Waals surface area contributed by atoms with Crippen molar-refractivity contribution in [3.05, 3.63) is 58.6 Å². The van der Waals surface area contributed by atoms with Gasteiger partial charge in [0.1, 0.15) is 11.4 Å². The molecule has 2 aromatic rings. The number of rotatable bonds is 8. The molecule has 34 heavy (non-hydrogen) atoms. The molecule has 10 nitrogen and oxygen atoms in total. The van der Waals surface area contributed by atoms with Crippen molar-refractivity contribution in [1.29, 1.82) is 0 Å². The quantitative estimate of drug-likeness (QED) is 0.560. The normalized spacial score (nSPS) is 23.8. The van der Waals surface area contributed by atoms with Gasteiger partial charge in [-0.15, -0.1) is 0 Å². The molecule has 0 aliphatic carbocycles. The van der Waals surface area contributed by atoms with Gasteiger partial charge in [0.15, 0.2) is 18.5 Å². The van der Waals surface area contributed by atoms with E-state index in [1.54, 1.807) is 44.2 Å². The molecule has 1 unspecified atom stereocenters. The second-order valence-corrected chi connectivity index (χ2v) is 8.03. The molecule has 1 aromatic carbocycles. The molecule has 0 radical (unpaired) electrons. The highest BCUT2D eigenvalue weighted by molar-refractivity contribution is 6.03. The highest BCUT2D eigenvalue weighted by Gasteiger charge is 2.55. The lowest BCUT2D eigenvalue weighted by Gasteiger charge is -2.28. The van der Waals surface area contributed by atoms with Crippen molar-refractivity contribution in [2.45, 2.75) is 57.2 Å². The lowest BCUT2D eigenvalue weighted by Crippen LogP contribution is -2.42. The Morgan fingerprint density at radius 1 is 1.21 bits per heavy atom. The Kier molecular flexibility index (Phi) is 7.77. The molecule has 2 amide bonds. The first-order valence-electron chi connectivity index (χ1n) is 10.9. The SMILES string of the molecule is CC[C@@]1(C)O[C@@H](n2ccc(NC(=O)c3ccccc3)nc2=O)[C@@H](F)C1OC(=O)CCC(=O)NC. The number of hydrogen-bond donors (Lipinski definition) is 2. The molecule has 1 saturated heterocycles. The third-order valence-electron chi connectivity index (χ3n) is 5.73. The van der Waals surface area contributed by atoms with Crippen LogP contribution >= 0.6 is 0 Å². The Labute approximate surface area is 195 Å². The van der Waals surface area contributed by atoms with E-state index in [-0.39, 0.29) is 24.6 Å². The zero-order valence-electron chi connectivity index (χ0n) is 19.1. The first-order chi connectivity index (χ1) is 16.2. The predicted molar refractivity (Wildman–Crippen MR) is 120 cm³/mol. The van der Waals surface area contributed by atoms with Crippen molar-refractivity contribution >= 4 is 23.6 Å². The minimum Gasteiger partial charge on any atom is -0.456 e. The standard InChI is InChI=1S/C23H27FN4O6/c1-4-23(2)19(33-17(30)11-10-16(29)25-3)18(24)21(34-23)28-13-12-15(27-22(28)32)26-20(31)14-8-6-5-7-9-14/h5-9,12-13,18-19,21H,4,10-11H2,1-3H3,(H,25,29)(H,26,27,31,32)/t18-,19?,21+,23+/m0/s1. The average molecular weight is 474 g/mol. The summed E-state index contributed by atoms with van der Waals surface area (Å²) < 4.78 is 27.5. The van der Waals surface area contributed by atoms with Crippen LogP contribution in [-0.2, 0) is 19.1 Å². The Hall–Kier alpha value is -3.60. The topological polar surface area (TPSA) is 129 Å². The van der Waals surface area contributed by atoms with Gasteiger partial charge in [-0.1, -0.05) is 25.1 Å². The Morgan fingerprint density at radius 2 is 1.91 bits per heavy atom. The molecule has 0 bridgehead atoms. The Bertz CT molecular complexity index is 1110. The molecule has 1 aliphatic rings. The molecule has 1 aliphatic heterocycles. The van der Waals surface area contributed by atoms with Gasteiger partial charge in [0, 0.05) is 25.2 Å². The summed E-state index contributed by atoms with van der Waals surface area (Å²) >= 11 is 0. The zero-order valence-corrected chi connectivity index (χ0v) is 19.1. The summed E-state index contributed by atoms with van der Waals surface area (Å²) in [6.07, 6.45) is -3.29. The van der Waals surface area contributed by atoms with Crippen LogP contribution in [0.3, 0.4) is 0 Å². The average Bonchev–Trinajstić information content (AvgIpc) is 3.08. The molecular formula is C23H27FN4O6. The molecule has 1 aromatic heterocycles. The van der Waals surface area contributed by atoms with Crippen molar-refractivity contribution in [3.63, 3.8) is 0 Å². The van der Waals surface area contributed by atoms with Crippen LogP contribution in [0.4, 0.5) is 10.2 Å². The zero-order chi connectivity index (χ0) is 24.9. The number of amides is 2. The van der Waals surface area contributed by atoms with Gasteiger partial charge < -0.3 is 20.1 Å². The van der Waals surface area contributed by atoms with Crippen molar-refractivity contribution < 1.29 is 28.2 Å². The number of carbonyl (C=O) groups is 3. The maximum atomic E-state index is 15.4. The van der Waals surface area contributed by atoms with Gasteiger partial charge in [0.25, 0.3) is 5.91 Å². The van der Waals surface area contributed by atoms with Gasteiger partial charge >= 0.3 is 11.7 Å². The first kappa shape index (κ1) is 25.0. The van der Waals surface area contributed by atoms with Gasteiger partial charge in [-0.3, -0.25) is 19.0 Å². The number of nitrogens with one attached hydrogen (secondary N) is 2. The van der Waals surface area contributed by atoms with E-state index in [1.807, 2.05) is 0 Å². The van der Waals surface area contributed by atoms with E-state index < -0.39 is 41.7 Å². The van der Waals surface area contributed by atoms with Gasteiger partial charge in [0.2, 0.25) is 5.91 Å². The molecule has 11 heteroatoms. The molecule has 4 atom stereocenters. The van der Waals surface area contributed by atoms with Crippen molar-refractivity contribution in [3.8, 4) is 0 Å². The summed E-state index contributed by atoms with van der Waals surface area (Å²) in [5, 5.41) is 4.91. The molecule has 182 valence electrons. The number of halogens is 1. The van der Waals surface area contributed by atoms with E-state index >= 15 is 4.39 Å². The molecule has 2 heterocycles. The van der Waals surface area contributed by atoms with Crippen LogP contribution in [0.25, 0.3) is 0 Å². The van der Waals surface area contributed by atoms with E-state index in [4.69, 9.17) is 9.47 Å². The summed E-state index contributed by atoms with van der Waals surface area (Å²) in [4.78, 5) is 52.3. The third-order valence-corrected chi connectivity index (χ3v) is 5.73. The molecule has 0 spiro atoms. The number of ether oxygens (including phenoxy) is 2. The van der Waals surface area contributed by atoms with Gasteiger partial charge in [-0.2, -0.15) is 4.98 Å². The fourth-order valence-corrected chi connectivity index (χ4v) is 3.57. The monoisotopic (exact) mass is 474 g/mol. The molecule has 0 saturated carbocycles. The number of alkyl halides is 1. The number of hydrogen-bond acceptors (Lipinski definition) is 7. The van der Waals surface area contributed by atoms with E-state index in [2.05, 4.69) is 15.6 Å². The van der Waals surface area contributed by atoms with E-state index in [0.717, 1.165) is 4.57 Å². The second-order valence-electron chi connectivity index (χ2n) is 8.03. The maximum Gasteiger partial charge on any atom is 0.351 e. The van der Waals surface area contributed by atoms with Crippen molar-refractivity contribution in [2.24, 2.45) is 0 Å². The summed E-state index contributed by atoms with van der Waals surface area (Å²) in [5.41, 5.74) is -1.66. The van der Waals surface area contributed by atoms with E-state index in [0.29, 0.717) is 12.0 Å². The van der Waals surface area contributed by atoms with Crippen LogP contribution in [0.2, 0.25) is 0 Å². The van der Waals surface area contributed by atoms with Crippen molar-refractivity contribution in [1.82, 2.24) is 14.9 Å². The smallest absolute Gasteiger partial charge is 0.351 e. The van der Waals surface area contributed by atoms with E-state index in [1.165, 1.54) is 19.3 Å². The van der Waals surface area contributed by atoms with Crippen LogP contribution < -0.4 is 16.3 Å². The van der Waals surface area contributed by atoms with Crippen LogP contribution in [0.5, 0.6) is 0 Å². The van der Waals surface area contributed by atoms with Crippen molar-refractivity contribution in [2.75, 3.05) is 12.4 Å². The lowest BCUT2D eigenvalue weighted by atomic mass is 9.95. The minimum atomic E-state index is -1.86. The van der Waals surface area contributed by atoms with Crippen LogP contribution in [0.1, 0.15) is 49.7 Å². The maximum absolute atomic E-state index is 15.4. The van der Waals surface area contributed by atoms with Gasteiger partial charge in [-0.25, -0.2) is 9.18 Å². The number of nitrogens with zero attached hydrogens (tertiary/aromatic N) is 2. The molecule has 3 rings (SSSR count). The molecule has 1 fully saturated rings. The number of carbonyl (C=O) groups excluding carboxylic acids is 3. The fourth-order valence-electron chi connectivity index (χ4n) is 3.57. The Balaban J connectivity index is 1.75. The van der Waals surface area contributed by atoms with Crippen LogP contribution in [0, 0.1) is 0 Å². The van der Waals surface area contributed by atoms with Crippen LogP contribution in [-0.4, -0.2) is 52.3 Å². The molecular weight excluding hydrogens is 447 g/mol. The highest BCUT2D eigenvalue weighted by Crippen LogP contribution is 2.42. The lowest BCUT2D eigenvalue weighted by molar-refractivity contribution is -0.162. The first-order valence-corrected chi connectivity index (χ1v) is 10.9.